The van der Waals surface area contributed by atoms with E-state index in [0.29, 0.717) is 25.3 Å². The molecule has 2 heterocycles. The normalized spacial score (nSPS) is 24.1. The van der Waals surface area contributed by atoms with Gasteiger partial charge in [-0.25, -0.2) is 9.59 Å². The van der Waals surface area contributed by atoms with Crippen molar-refractivity contribution in [2.75, 3.05) is 13.2 Å². The quantitative estimate of drug-likeness (QED) is 0.283. The van der Waals surface area contributed by atoms with E-state index in [-0.39, 0.29) is 56.9 Å². The molecule has 0 spiro atoms. The van der Waals surface area contributed by atoms with Gasteiger partial charge in [-0.3, -0.25) is 9.59 Å². The molecule has 4 unspecified atom stereocenters. The van der Waals surface area contributed by atoms with E-state index in [9.17, 15) is 24.3 Å². The molecule has 252 valence electrons. The molecule has 5 rings (SSSR count). The first-order valence-electron chi connectivity index (χ1n) is 17.0. The Morgan fingerprint density at radius 3 is 2.45 bits per heavy atom. The fourth-order valence-corrected chi connectivity index (χ4v) is 6.86. The molecule has 1 fully saturated rings. The van der Waals surface area contributed by atoms with Gasteiger partial charge in [-0.15, -0.1) is 0 Å². The van der Waals surface area contributed by atoms with Gasteiger partial charge in [0.05, 0.1) is 24.6 Å². The second kappa shape index (κ2) is 17.1. The Labute approximate surface area is 276 Å². The number of ether oxygens (including phenoxy) is 2. The number of carbonyl (C=O) groups is 4. The van der Waals surface area contributed by atoms with Crippen LogP contribution in [-0.4, -0.2) is 65.2 Å². The predicted molar refractivity (Wildman–Crippen MR) is 176 cm³/mol. The van der Waals surface area contributed by atoms with Crippen LogP contribution in [0.4, 0.5) is 4.79 Å². The fourth-order valence-electron chi connectivity index (χ4n) is 6.86. The second-order valence-corrected chi connectivity index (χ2v) is 13.0. The van der Waals surface area contributed by atoms with Crippen molar-refractivity contribution in [3.05, 3.63) is 83.4 Å². The molecule has 3 N–H and O–H groups in total. The molecular weight excluding hydrogens is 598 g/mol. The van der Waals surface area contributed by atoms with Gasteiger partial charge in [-0.1, -0.05) is 98.9 Å². The van der Waals surface area contributed by atoms with E-state index >= 15 is 0 Å². The molecule has 1 saturated carbocycles. The number of hydrogen-bond acceptors (Lipinski definition) is 7. The van der Waals surface area contributed by atoms with E-state index in [2.05, 4.69) is 10.6 Å². The predicted octanol–water partition coefficient (Wildman–Crippen LogP) is 4.58. The first kappa shape index (κ1) is 34.2. The van der Waals surface area contributed by atoms with Crippen LogP contribution in [0.2, 0.25) is 0 Å². The molecule has 2 aliphatic heterocycles. The van der Waals surface area contributed by atoms with Gasteiger partial charge in [0, 0.05) is 13.0 Å². The topological polar surface area (TPSA) is 134 Å². The van der Waals surface area contributed by atoms with Gasteiger partial charge in [-0.2, -0.15) is 0 Å². The number of aliphatic hydroxyl groups excluding tert-OH is 1. The summed E-state index contributed by atoms with van der Waals surface area (Å²) in [6.07, 6.45) is 9.99. The van der Waals surface area contributed by atoms with Crippen molar-refractivity contribution in [2.24, 2.45) is 11.8 Å². The molecule has 3 aliphatic rings. The third-order valence-corrected chi connectivity index (χ3v) is 9.54. The Balaban J connectivity index is 1.28. The molecule has 47 heavy (non-hydrogen) atoms. The average molecular weight is 646 g/mol. The first-order valence-corrected chi connectivity index (χ1v) is 17.0. The lowest BCUT2D eigenvalue weighted by molar-refractivity contribution is -0.147. The number of carbonyl (C=O) groups excluding carboxylic acids is 4. The molecule has 2 aromatic rings. The Morgan fingerprint density at radius 1 is 0.957 bits per heavy atom. The lowest BCUT2D eigenvalue weighted by Crippen LogP contribution is -2.49. The molecule has 0 saturated heterocycles. The number of esters is 1. The Morgan fingerprint density at radius 2 is 1.68 bits per heavy atom. The van der Waals surface area contributed by atoms with E-state index < -0.39 is 30.1 Å². The number of amides is 3. The SMILES string of the molecule is O=C(NC1CC=CCC(CC(=O)N2Cc3ccccc3CC2CO)C(=O)NC(CC2CCCCC2)COC1=O)OCc1ccccc1. The van der Waals surface area contributed by atoms with Crippen molar-refractivity contribution in [1.29, 1.82) is 0 Å². The van der Waals surface area contributed by atoms with Crippen LogP contribution in [0.15, 0.2) is 66.7 Å². The number of benzene rings is 2. The molecule has 10 nitrogen and oxygen atoms in total. The maximum Gasteiger partial charge on any atom is 0.408 e. The molecule has 4 atom stereocenters. The van der Waals surface area contributed by atoms with Gasteiger partial charge in [-0.05, 0) is 48.3 Å². The minimum Gasteiger partial charge on any atom is -0.462 e. The molecule has 2 aromatic carbocycles. The van der Waals surface area contributed by atoms with E-state index in [1.165, 1.54) is 6.42 Å². The lowest BCUT2D eigenvalue weighted by atomic mass is 9.84. The number of nitrogens with one attached hydrogen (secondary N) is 2. The number of cyclic esters (lactones) is 1. The standard InChI is InChI=1S/C37H47N3O7/c41-23-32-20-28-15-7-8-17-30(28)22-40(32)34(42)21-29-16-9-10-18-33(39-37(45)47-24-27-13-5-2-6-14-27)36(44)46-25-31(38-35(29)43)19-26-11-3-1-4-12-26/h2,5-10,13-15,17,26,29,31-33,41H,1,3-4,11-12,16,18-25H2,(H,38,43)(H,39,45). The summed E-state index contributed by atoms with van der Waals surface area (Å²) in [5.41, 5.74) is 2.99. The third-order valence-electron chi connectivity index (χ3n) is 9.54. The summed E-state index contributed by atoms with van der Waals surface area (Å²) in [6.45, 7) is 0.264. The number of hydrogen-bond donors (Lipinski definition) is 3. The van der Waals surface area contributed by atoms with Crippen LogP contribution in [-0.2, 0) is 43.4 Å². The number of aliphatic hydroxyl groups is 1. The van der Waals surface area contributed by atoms with Crippen molar-refractivity contribution in [1.82, 2.24) is 15.5 Å². The number of alkyl carbamates (subject to hydrolysis) is 1. The van der Waals surface area contributed by atoms with Crippen LogP contribution in [0.5, 0.6) is 0 Å². The van der Waals surface area contributed by atoms with Gasteiger partial charge in [0.2, 0.25) is 11.8 Å². The van der Waals surface area contributed by atoms with Crippen LogP contribution in [0.25, 0.3) is 0 Å². The molecule has 0 radical (unpaired) electrons. The van der Waals surface area contributed by atoms with E-state index in [1.807, 2.05) is 54.6 Å². The summed E-state index contributed by atoms with van der Waals surface area (Å²) < 4.78 is 11.1. The van der Waals surface area contributed by atoms with Gasteiger partial charge in [0.1, 0.15) is 19.3 Å². The molecular formula is C37H47N3O7. The van der Waals surface area contributed by atoms with Crippen LogP contribution in [0.3, 0.4) is 0 Å². The number of fused-ring (bicyclic) bond motifs is 1. The Kier molecular flexibility index (Phi) is 12.4. The monoisotopic (exact) mass is 645 g/mol. The maximum atomic E-state index is 13.8. The van der Waals surface area contributed by atoms with Gasteiger partial charge >= 0.3 is 12.1 Å². The highest BCUT2D eigenvalue weighted by Crippen LogP contribution is 2.29. The summed E-state index contributed by atoms with van der Waals surface area (Å²) in [6, 6.07) is 15.4. The van der Waals surface area contributed by atoms with E-state index in [4.69, 9.17) is 9.47 Å². The highest BCUT2D eigenvalue weighted by atomic mass is 16.6. The molecule has 0 bridgehead atoms. The second-order valence-electron chi connectivity index (χ2n) is 13.0. The summed E-state index contributed by atoms with van der Waals surface area (Å²) in [5.74, 6) is -1.28. The van der Waals surface area contributed by atoms with Gasteiger partial charge < -0.3 is 30.1 Å². The van der Waals surface area contributed by atoms with Gasteiger partial charge in [0.15, 0.2) is 0 Å². The van der Waals surface area contributed by atoms with Crippen molar-refractivity contribution in [3.63, 3.8) is 0 Å². The largest absolute Gasteiger partial charge is 0.462 e. The number of rotatable bonds is 8. The zero-order chi connectivity index (χ0) is 33.0. The minimum absolute atomic E-state index is 0.0156. The molecule has 10 heteroatoms. The summed E-state index contributed by atoms with van der Waals surface area (Å²) in [5, 5.41) is 15.9. The summed E-state index contributed by atoms with van der Waals surface area (Å²) in [4.78, 5) is 55.0. The van der Waals surface area contributed by atoms with E-state index in [0.717, 1.165) is 42.4 Å². The molecule has 1 aliphatic carbocycles. The summed E-state index contributed by atoms with van der Waals surface area (Å²) in [7, 11) is 0. The lowest BCUT2D eigenvalue weighted by Gasteiger charge is -2.37. The Hall–Kier alpha value is -4.18. The van der Waals surface area contributed by atoms with Crippen molar-refractivity contribution >= 4 is 23.9 Å². The highest BCUT2D eigenvalue weighted by molar-refractivity contribution is 5.86. The van der Waals surface area contributed by atoms with Gasteiger partial charge in [0.25, 0.3) is 0 Å². The molecule has 3 amide bonds. The maximum absolute atomic E-state index is 13.8. The number of allylic oxidation sites excluding steroid dienone is 1. The van der Waals surface area contributed by atoms with Crippen LogP contribution < -0.4 is 10.6 Å². The zero-order valence-corrected chi connectivity index (χ0v) is 27.0. The highest BCUT2D eigenvalue weighted by Gasteiger charge is 2.33. The minimum atomic E-state index is -0.973. The first-order chi connectivity index (χ1) is 22.9. The van der Waals surface area contributed by atoms with Crippen molar-refractivity contribution in [2.45, 2.75) is 95.5 Å². The fraction of sp³-hybridized carbons (Fsp3) is 0.514. The van der Waals surface area contributed by atoms with E-state index in [1.54, 1.807) is 17.1 Å². The van der Waals surface area contributed by atoms with Crippen molar-refractivity contribution < 1.29 is 33.8 Å². The van der Waals surface area contributed by atoms with Crippen LogP contribution in [0, 0.1) is 11.8 Å². The number of nitrogens with zero attached hydrogens (tertiary/aromatic N) is 1. The summed E-state index contributed by atoms with van der Waals surface area (Å²) >= 11 is 0. The third kappa shape index (κ3) is 9.91. The van der Waals surface area contributed by atoms with Crippen molar-refractivity contribution in [3.8, 4) is 0 Å². The average Bonchev–Trinajstić information content (AvgIpc) is 3.10. The van der Waals surface area contributed by atoms with Crippen LogP contribution >= 0.6 is 0 Å². The van der Waals surface area contributed by atoms with Crippen LogP contribution in [0.1, 0.15) is 74.5 Å². The Bertz CT molecular complexity index is 1390. The molecule has 0 aromatic heterocycles. The smallest absolute Gasteiger partial charge is 0.408 e. The zero-order valence-electron chi connectivity index (χ0n) is 27.0.